The summed E-state index contributed by atoms with van der Waals surface area (Å²) in [4.78, 5) is 0. The first-order valence-electron chi connectivity index (χ1n) is 8.73. The van der Waals surface area contributed by atoms with E-state index >= 15 is 0 Å². The monoisotopic (exact) mass is 288 g/mol. The Balaban J connectivity index is 1.72. The minimum Gasteiger partial charge on any atom is -0.0773 e. The molecule has 3 unspecified atom stereocenters. The van der Waals surface area contributed by atoms with Crippen molar-refractivity contribution in [3.8, 4) is 0 Å². The normalized spacial score (nSPS) is 27.8. The lowest BCUT2D eigenvalue weighted by molar-refractivity contribution is 0.232. The highest BCUT2D eigenvalue weighted by Gasteiger charge is 2.35. The molecule has 0 bridgehead atoms. The molecule has 0 aromatic heterocycles. The predicted molar refractivity (Wildman–Crippen MR) is 93.7 cm³/mol. The van der Waals surface area contributed by atoms with Crippen LogP contribution in [0.1, 0.15) is 49.1 Å². The van der Waals surface area contributed by atoms with Crippen molar-refractivity contribution in [2.75, 3.05) is 0 Å². The minimum absolute atomic E-state index is 0.701. The number of benzene rings is 2. The Morgan fingerprint density at radius 2 is 1.41 bits per heavy atom. The van der Waals surface area contributed by atoms with E-state index in [0.29, 0.717) is 5.92 Å². The van der Waals surface area contributed by atoms with E-state index < -0.39 is 0 Å². The Bertz CT molecular complexity index is 638. The van der Waals surface area contributed by atoms with Crippen molar-refractivity contribution < 1.29 is 0 Å². The van der Waals surface area contributed by atoms with Gasteiger partial charge in [0.2, 0.25) is 0 Å². The standard InChI is InChI=1S/C22H24/c1-3-9-17(10-4-1)20-15-19-13-7-8-14-21(19)22(16-20)18-11-5-2-6-12-18/h1-6,9-12,15,19,21-22H,7-8,13-14,16H2. The van der Waals surface area contributed by atoms with Crippen LogP contribution in [0.25, 0.3) is 5.57 Å². The SMILES string of the molecule is C1=C(c2ccccc2)CC(c2ccccc2)C2CCCCC12. The second-order valence-corrected chi connectivity index (χ2v) is 6.89. The number of rotatable bonds is 2. The highest BCUT2D eigenvalue weighted by atomic mass is 14.4. The van der Waals surface area contributed by atoms with E-state index in [2.05, 4.69) is 66.7 Å². The van der Waals surface area contributed by atoms with Gasteiger partial charge in [0.05, 0.1) is 0 Å². The molecule has 1 fully saturated rings. The van der Waals surface area contributed by atoms with Crippen LogP contribution in [-0.4, -0.2) is 0 Å². The third-order valence-corrected chi connectivity index (χ3v) is 5.62. The van der Waals surface area contributed by atoms with Crippen LogP contribution in [0.4, 0.5) is 0 Å². The molecule has 4 rings (SSSR count). The minimum atomic E-state index is 0.701. The second kappa shape index (κ2) is 6.12. The van der Waals surface area contributed by atoms with Gasteiger partial charge in [0.15, 0.2) is 0 Å². The molecular formula is C22H24. The van der Waals surface area contributed by atoms with Gasteiger partial charge in [0.25, 0.3) is 0 Å². The van der Waals surface area contributed by atoms with Gasteiger partial charge in [-0.2, -0.15) is 0 Å². The van der Waals surface area contributed by atoms with Gasteiger partial charge in [-0.1, -0.05) is 79.6 Å². The van der Waals surface area contributed by atoms with Crippen molar-refractivity contribution in [1.29, 1.82) is 0 Å². The van der Waals surface area contributed by atoms with Crippen LogP contribution in [0.15, 0.2) is 66.7 Å². The van der Waals surface area contributed by atoms with Gasteiger partial charge in [-0.15, -0.1) is 0 Å². The van der Waals surface area contributed by atoms with Crippen LogP contribution in [-0.2, 0) is 0 Å². The van der Waals surface area contributed by atoms with Crippen LogP contribution in [0, 0.1) is 11.8 Å². The molecule has 2 aliphatic rings. The molecule has 2 aromatic rings. The lowest BCUT2D eigenvalue weighted by atomic mass is 9.64. The number of hydrogen-bond donors (Lipinski definition) is 0. The van der Waals surface area contributed by atoms with Crippen molar-refractivity contribution in [3.05, 3.63) is 77.9 Å². The number of hydrogen-bond acceptors (Lipinski definition) is 0. The Labute approximate surface area is 133 Å². The predicted octanol–water partition coefficient (Wildman–Crippen LogP) is 6.06. The maximum atomic E-state index is 2.61. The van der Waals surface area contributed by atoms with Gasteiger partial charge < -0.3 is 0 Å². The van der Waals surface area contributed by atoms with Gasteiger partial charge in [0.1, 0.15) is 0 Å². The first-order valence-corrected chi connectivity index (χ1v) is 8.73. The van der Waals surface area contributed by atoms with E-state index in [1.54, 1.807) is 11.1 Å². The largest absolute Gasteiger partial charge is 0.0773 e. The molecule has 0 saturated heterocycles. The summed E-state index contributed by atoms with van der Waals surface area (Å²) in [5.74, 6) is 2.33. The van der Waals surface area contributed by atoms with E-state index in [0.717, 1.165) is 11.8 Å². The molecule has 0 nitrogen and oxygen atoms in total. The van der Waals surface area contributed by atoms with Crippen molar-refractivity contribution in [2.24, 2.45) is 11.8 Å². The smallest absolute Gasteiger partial charge is 0.00874 e. The molecule has 0 amide bonds. The van der Waals surface area contributed by atoms with Crippen LogP contribution in [0.5, 0.6) is 0 Å². The van der Waals surface area contributed by atoms with Crippen LogP contribution < -0.4 is 0 Å². The van der Waals surface area contributed by atoms with Crippen LogP contribution in [0.3, 0.4) is 0 Å². The van der Waals surface area contributed by atoms with Gasteiger partial charge in [-0.3, -0.25) is 0 Å². The maximum Gasteiger partial charge on any atom is -0.00874 e. The van der Waals surface area contributed by atoms with Gasteiger partial charge in [-0.25, -0.2) is 0 Å². The molecule has 0 heterocycles. The number of fused-ring (bicyclic) bond motifs is 1. The molecule has 22 heavy (non-hydrogen) atoms. The first kappa shape index (κ1) is 13.8. The first-order chi connectivity index (χ1) is 10.9. The van der Waals surface area contributed by atoms with Gasteiger partial charge in [-0.05, 0) is 53.7 Å². The number of allylic oxidation sites excluding steroid dienone is 2. The molecule has 2 aliphatic carbocycles. The Kier molecular flexibility index (Phi) is 3.84. The molecular weight excluding hydrogens is 264 g/mol. The third-order valence-electron chi connectivity index (χ3n) is 5.62. The zero-order valence-corrected chi connectivity index (χ0v) is 13.1. The molecule has 0 N–H and O–H groups in total. The van der Waals surface area contributed by atoms with E-state index in [4.69, 9.17) is 0 Å². The topological polar surface area (TPSA) is 0 Å². The lowest BCUT2D eigenvalue weighted by Gasteiger charge is -2.41. The Morgan fingerprint density at radius 3 is 2.18 bits per heavy atom. The summed E-state index contributed by atoms with van der Waals surface area (Å²) in [6, 6.07) is 22.2. The molecule has 0 heteroatoms. The zero-order valence-electron chi connectivity index (χ0n) is 13.1. The lowest BCUT2D eigenvalue weighted by Crippen LogP contribution is -2.28. The van der Waals surface area contributed by atoms with E-state index in [9.17, 15) is 0 Å². The van der Waals surface area contributed by atoms with Crippen molar-refractivity contribution in [3.63, 3.8) is 0 Å². The quantitative estimate of drug-likeness (QED) is 0.629. The zero-order chi connectivity index (χ0) is 14.8. The molecule has 0 aliphatic heterocycles. The fourth-order valence-electron chi connectivity index (χ4n) is 4.54. The maximum absolute atomic E-state index is 2.61. The Morgan fingerprint density at radius 1 is 0.727 bits per heavy atom. The summed E-state index contributed by atoms with van der Waals surface area (Å²) in [6.45, 7) is 0. The van der Waals surface area contributed by atoms with E-state index in [1.165, 1.54) is 37.7 Å². The fourth-order valence-corrected chi connectivity index (χ4v) is 4.54. The summed E-state index contributed by atoms with van der Waals surface area (Å²) in [6.07, 6.45) is 9.42. The average molecular weight is 288 g/mol. The summed E-state index contributed by atoms with van der Waals surface area (Å²) >= 11 is 0. The van der Waals surface area contributed by atoms with Crippen molar-refractivity contribution in [1.82, 2.24) is 0 Å². The summed E-state index contributed by atoms with van der Waals surface area (Å²) in [5, 5.41) is 0. The van der Waals surface area contributed by atoms with Crippen molar-refractivity contribution >= 4 is 5.57 Å². The van der Waals surface area contributed by atoms with Crippen molar-refractivity contribution in [2.45, 2.75) is 38.0 Å². The van der Waals surface area contributed by atoms with Crippen LogP contribution in [0.2, 0.25) is 0 Å². The summed E-state index contributed by atoms with van der Waals surface area (Å²) in [7, 11) is 0. The third kappa shape index (κ3) is 2.63. The highest BCUT2D eigenvalue weighted by molar-refractivity contribution is 5.67. The molecule has 2 aromatic carbocycles. The molecule has 1 saturated carbocycles. The fraction of sp³-hybridized carbons (Fsp3) is 0.364. The molecule has 0 spiro atoms. The van der Waals surface area contributed by atoms with Gasteiger partial charge >= 0.3 is 0 Å². The van der Waals surface area contributed by atoms with E-state index in [-0.39, 0.29) is 0 Å². The highest BCUT2D eigenvalue weighted by Crippen LogP contribution is 2.49. The average Bonchev–Trinajstić information content (AvgIpc) is 2.62. The molecule has 112 valence electrons. The van der Waals surface area contributed by atoms with E-state index in [1.807, 2.05) is 0 Å². The Hall–Kier alpha value is -1.82. The second-order valence-electron chi connectivity index (χ2n) is 6.89. The molecule has 3 atom stereocenters. The summed E-state index contributed by atoms with van der Waals surface area (Å²) in [5.41, 5.74) is 4.53. The van der Waals surface area contributed by atoms with Crippen LogP contribution >= 0.6 is 0 Å². The van der Waals surface area contributed by atoms with Gasteiger partial charge in [0, 0.05) is 0 Å². The molecule has 0 radical (unpaired) electrons. The summed E-state index contributed by atoms with van der Waals surface area (Å²) < 4.78 is 0.